The summed E-state index contributed by atoms with van der Waals surface area (Å²) in [6, 6.07) is 15.0. The minimum absolute atomic E-state index is 0.0628. The van der Waals surface area contributed by atoms with Crippen LogP contribution in [0.4, 0.5) is 5.82 Å². The zero-order valence-electron chi connectivity index (χ0n) is 20.2. The number of hydrogen-bond donors (Lipinski definition) is 1. The molecule has 3 heterocycles. The van der Waals surface area contributed by atoms with Gasteiger partial charge in [-0.15, -0.1) is 0 Å². The molecule has 1 aliphatic heterocycles. The van der Waals surface area contributed by atoms with Crippen LogP contribution in [0.5, 0.6) is 0 Å². The Hall–Kier alpha value is -3.27. The number of allylic oxidation sites excluding steroid dienone is 2. The molecule has 0 amide bonds. The van der Waals surface area contributed by atoms with Crippen molar-refractivity contribution in [2.45, 2.75) is 64.2 Å². The van der Waals surface area contributed by atoms with Crippen molar-refractivity contribution >= 4 is 11.6 Å². The monoisotopic (exact) mass is 449 g/mol. The van der Waals surface area contributed by atoms with E-state index in [2.05, 4.69) is 72.5 Å². The van der Waals surface area contributed by atoms with E-state index in [0.717, 1.165) is 34.6 Å². The number of nitrogens with zero attached hydrogens (tertiary/aromatic N) is 2. The van der Waals surface area contributed by atoms with Crippen molar-refractivity contribution in [1.29, 1.82) is 0 Å². The van der Waals surface area contributed by atoms with Crippen molar-refractivity contribution in [2.75, 3.05) is 5.32 Å². The summed E-state index contributed by atoms with van der Waals surface area (Å²) in [6.45, 7) is 6.56. The Morgan fingerprint density at radius 3 is 2.65 bits per heavy atom. The summed E-state index contributed by atoms with van der Waals surface area (Å²) >= 11 is 0. The lowest BCUT2D eigenvalue weighted by Crippen LogP contribution is -2.42. The van der Waals surface area contributed by atoms with E-state index < -0.39 is 5.41 Å². The molecule has 0 saturated heterocycles. The third kappa shape index (κ3) is 3.23. The zero-order valence-corrected chi connectivity index (χ0v) is 20.2. The number of carbonyl (C=O) groups excluding carboxylic acids is 1. The van der Waals surface area contributed by atoms with Crippen molar-refractivity contribution in [3.63, 3.8) is 0 Å². The first kappa shape index (κ1) is 21.3. The Labute approximate surface area is 201 Å². The third-order valence-electron chi connectivity index (χ3n) is 8.14. The fourth-order valence-electron chi connectivity index (χ4n) is 6.21. The summed E-state index contributed by atoms with van der Waals surface area (Å²) in [5, 5.41) is 3.53. The van der Waals surface area contributed by atoms with Gasteiger partial charge in [0, 0.05) is 41.8 Å². The number of fused-ring (bicyclic) bond motifs is 1. The molecule has 0 unspecified atom stereocenters. The van der Waals surface area contributed by atoms with Crippen molar-refractivity contribution < 1.29 is 4.79 Å². The summed E-state index contributed by atoms with van der Waals surface area (Å²) in [7, 11) is 0. The van der Waals surface area contributed by atoms with E-state index in [4.69, 9.17) is 0 Å². The molecule has 6 rings (SSSR count). The molecule has 0 radical (unpaired) electrons. The van der Waals surface area contributed by atoms with E-state index in [1.54, 1.807) is 0 Å². The maximum atomic E-state index is 13.7. The van der Waals surface area contributed by atoms with Gasteiger partial charge < -0.3 is 5.32 Å². The van der Waals surface area contributed by atoms with Crippen LogP contribution < -0.4 is 5.32 Å². The first-order chi connectivity index (χ1) is 16.4. The number of hydrogen-bond acceptors (Lipinski definition) is 4. The van der Waals surface area contributed by atoms with Crippen LogP contribution in [0.3, 0.4) is 0 Å². The number of pyridine rings is 2. The Kier molecular flexibility index (Phi) is 4.77. The lowest BCUT2D eigenvalue weighted by molar-refractivity contribution is -0.118. The van der Waals surface area contributed by atoms with Crippen LogP contribution in [-0.4, -0.2) is 15.8 Å². The van der Waals surface area contributed by atoms with Crippen molar-refractivity contribution in [3.8, 4) is 11.1 Å². The van der Waals surface area contributed by atoms with Gasteiger partial charge in [-0.2, -0.15) is 0 Å². The molecular formula is C30H31N3O. The standard InChI is InChI=1S/C30H31N3O/c1-29(2)16-25-27(26(34)17-29)30(3,24-11-6-13-32-28(24)33-25)21-10-5-9-20(15-21)22-12-14-31-18-23(22)19-7-4-8-19/h5-6,9-15,18-19H,4,7-8,16-17H2,1-3H3,(H,32,33)/t30-/m0/s1. The number of rotatable bonds is 3. The molecule has 0 spiro atoms. The van der Waals surface area contributed by atoms with Crippen LogP contribution in [-0.2, 0) is 10.2 Å². The van der Waals surface area contributed by atoms with E-state index in [1.165, 1.54) is 36.0 Å². The van der Waals surface area contributed by atoms with Crippen molar-refractivity contribution in [1.82, 2.24) is 9.97 Å². The lowest BCUT2D eigenvalue weighted by Gasteiger charge is -2.44. The molecule has 4 nitrogen and oxygen atoms in total. The van der Waals surface area contributed by atoms with E-state index >= 15 is 0 Å². The Bertz CT molecular complexity index is 1330. The molecule has 34 heavy (non-hydrogen) atoms. The minimum Gasteiger partial charge on any atom is -0.343 e. The molecule has 4 heteroatoms. The molecule has 2 aliphatic carbocycles. The fraction of sp³-hybridized carbons (Fsp3) is 0.367. The van der Waals surface area contributed by atoms with Crippen LogP contribution in [0.2, 0.25) is 0 Å². The number of nitrogens with one attached hydrogen (secondary N) is 1. The summed E-state index contributed by atoms with van der Waals surface area (Å²) in [6.07, 6.45) is 10.9. The Morgan fingerprint density at radius 2 is 1.85 bits per heavy atom. The molecule has 1 fully saturated rings. The SMILES string of the molecule is CC1(C)CC(=O)C2=C(C1)Nc1ncccc1[C@]2(C)c1cccc(-c2ccncc2C2CCC2)c1. The number of aromatic nitrogens is 2. The van der Waals surface area contributed by atoms with Gasteiger partial charge in [-0.05, 0) is 78.0 Å². The summed E-state index contributed by atoms with van der Waals surface area (Å²) < 4.78 is 0. The average molecular weight is 450 g/mol. The van der Waals surface area contributed by atoms with Gasteiger partial charge >= 0.3 is 0 Å². The van der Waals surface area contributed by atoms with Crippen LogP contribution in [0.25, 0.3) is 11.1 Å². The molecule has 1 N–H and O–H groups in total. The molecule has 1 saturated carbocycles. The second kappa shape index (κ2) is 7.63. The van der Waals surface area contributed by atoms with E-state index in [-0.39, 0.29) is 11.2 Å². The number of ketones is 1. The maximum absolute atomic E-state index is 13.7. The average Bonchev–Trinajstić information content (AvgIpc) is 2.77. The number of carbonyl (C=O) groups is 1. The number of Topliss-reactive ketones (excluding diaryl/α,β-unsaturated/α-hetero) is 1. The largest absolute Gasteiger partial charge is 0.343 e. The van der Waals surface area contributed by atoms with Gasteiger partial charge in [0.05, 0.1) is 5.41 Å². The Morgan fingerprint density at radius 1 is 1.00 bits per heavy atom. The van der Waals surface area contributed by atoms with Gasteiger partial charge in [0.1, 0.15) is 5.82 Å². The summed E-state index contributed by atoms with van der Waals surface area (Å²) in [5.41, 5.74) is 7.31. The molecule has 0 bridgehead atoms. The van der Waals surface area contributed by atoms with Gasteiger partial charge in [-0.25, -0.2) is 4.98 Å². The Balaban J connectivity index is 1.54. The summed E-state index contributed by atoms with van der Waals surface area (Å²) in [5.74, 6) is 1.70. The number of anilines is 1. The topological polar surface area (TPSA) is 54.9 Å². The predicted octanol–water partition coefficient (Wildman–Crippen LogP) is 6.79. The van der Waals surface area contributed by atoms with Gasteiger partial charge in [-0.3, -0.25) is 9.78 Å². The molecule has 3 aliphatic rings. The van der Waals surface area contributed by atoms with E-state index in [1.807, 2.05) is 24.7 Å². The van der Waals surface area contributed by atoms with Gasteiger partial charge in [-0.1, -0.05) is 44.5 Å². The highest BCUT2D eigenvalue weighted by molar-refractivity contribution is 6.02. The van der Waals surface area contributed by atoms with E-state index in [9.17, 15) is 4.79 Å². The molecular weight excluding hydrogens is 418 g/mol. The highest BCUT2D eigenvalue weighted by atomic mass is 16.1. The van der Waals surface area contributed by atoms with Crippen LogP contribution in [0, 0.1) is 5.41 Å². The fourth-order valence-corrected chi connectivity index (χ4v) is 6.21. The number of benzene rings is 1. The first-order valence-corrected chi connectivity index (χ1v) is 12.4. The normalized spacial score (nSPS) is 23.6. The third-order valence-corrected chi connectivity index (χ3v) is 8.14. The molecule has 1 atom stereocenters. The highest BCUT2D eigenvalue weighted by Gasteiger charge is 2.47. The van der Waals surface area contributed by atoms with Gasteiger partial charge in [0.15, 0.2) is 5.78 Å². The lowest BCUT2D eigenvalue weighted by atomic mass is 9.61. The quantitative estimate of drug-likeness (QED) is 0.478. The van der Waals surface area contributed by atoms with Crippen LogP contribution in [0.1, 0.15) is 75.5 Å². The smallest absolute Gasteiger partial charge is 0.162 e. The minimum atomic E-state index is -0.558. The predicted molar refractivity (Wildman–Crippen MR) is 136 cm³/mol. The maximum Gasteiger partial charge on any atom is 0.162 e. The van der Waals surface area contributed by atoms with Crippen molar-refractivity contribution in [3.05, 3.63) is 89.0 Å². The van der Waals surface area contributed by atoms with E-state index in [0.29, 0.717) is 12.3 Å². The second-order valence-corrected chi connectivity index (χ2v) is 11.1. The molecule has 3 aromatic rings. The van der Waals surface area contributed by atoms with Gasteiger partial charge in [0.25, 0.3) is 0 Å². The van der Waals surface area contributed by atoms with Crippen molar-refractivity contribution in [2.24, 2.45) is 5.41 Å². The second-order valence-electron chi connectivity index (χ2n) is 11.1. The van der Waals surface area contributed by atoms with Crippen LogP contribution in [0.15, 0.2) is 72.3 Å². The highest BCUT2D eigenvalue weighted by Crippen LogP contribution is 2.52. The zero-order chi connectivity index (χ0) is 23.5. The molecule has 2 aromatic heterocycles. The molecule has 1 aromatic carbocycles. The van der Waals surface area contributed by atoms with Gasteiger partial charge in [0.2, 0.25) is 0 Å². The van der Waals surface area contributed by atoms with Crippen LogP contribution >= 0.6 is 0 Å². The molecule has 172 valence electrons. The first-order valence-electron chi connectivity index (χ1n) is 12.4. The summed E-state index contributed by atoms with van der Waals surface area (Å²) in [4.78, 5) is 22.8.